The maximum absolute atomic E-state index is 11.4. The molecule has 0 bridgehead atoms. The highest BCUT2D eigenvalue weighted by atomic mass is 16.5. The van der Waals surface area contributed by atoms with Gasteiger partial charge in [-0.1, -0.05) is 30.3 Å². The predicted octanol–water partition coefficient (Wildman–Crippen LogP) is 1.63. The Morgan fingerprint density at radius 3 is 2.39 bits per heavy atom. The summed E-state index contributed by atoms with van der Waals surface area (Å²) in [5.74, 6) is -1.34. The molecule has 7 heteroatoms. The Hall–Kier alpha value is -2.96. The van der Waals surface area contributed by atoms with E-state index in [1.165, 1.54) is 6.21 Å². The quantitative estimate of drug-likeness (QED) is 0.357. The minimum absolute atomic E-state index is 0.0206. The Bertz CT molecular complexity index is 581. The van der Waals surface area contributed by atoms with E-state index in [0.717, 1.165) is 17.7 Å². The zero-order chi connectivity index (χ0) is 16.9. The van der Waals surface area contributed by atoms with Crippen molar-refractivity contribution < 1.29 is 23.9 Å². The van der Waals surface area contributed by atoms with Crippen LogP contribution in [0.2, 0.25) is 0 Å². The lowest BCUT2D eigenvalue weighted by Gasteiger charge is -2.03. The maximum Gasteiger partial charge on any atom is 0.340 e. The lowest BCUT2D eigenvalue weighted by Crippen LogP contribution is -2.25. The van der Waals surface area contributed by atoms with Crippen molar-refractivity contribution in [3.05, 3.63) is 48.0 Å². The van der Waals surface area contributed by atoms with Crippen LogP contribution >= 0.6 is 0 Å². The largest absolute Gasteiger partial charge is 0.461 e. The van der Waals surface area contributed by atoms with Crippen LogP contribution in [0, 0.1) is 0 Å². The van der Waals surface area contributed by atoms with E-state index in [-0.39, 0.29) is 19.8 Å². The number of hydrogen-bond donors (Lipinski definition) is 1. The van der Waals surface area contributed by atoms with Crippen molar-refractivity contribution >= 4 is 24.2 Å². The van der Waals surface area contributed by atoms with E-state index in [2.05, 4.69) is 10.3 Å². The number of nitrogens with one attached hydrogen (secondary N) is 1. The van der Waals surface area contributed by atoms with Gasteiger partial charge in [0.2, 0.25) is 0 Å². The molecule has 0 radical (unpaired) electrons. The lowest BCUT2D eigenvalue weighted by molar-refractivity contribution is -0.141. The van der Waals surface area contributed by atoms with E-state index in [9.17, 15) is 14.4 Å². The number of nitrogens with zero attached hydrogens (tertiary/aromatic N) is 1. The van der Waals surface area contributed by atoms with Gasteiger partial charge in [0, 0.05) is 18.4 Å². The van der Waals surface area contributed by atoms with Crippen molar-refractivity contribution in [3.63, 3.8) is 0 Å². The van der Waals surface area contributed by atoms with E-state index in [1.54, 1.807) is 6.92 Å². The van der Waals surface area contributed by atoms with Gasteiger partial charge in [-0.3, -0.25) is 0 Å². The first-order chi connectivity index (χ1) is 11.1. The van der Waals surface area contributed by atoms with Crippen LogP contribution in [0.4, 0.5) is 4.79 Å². The molecule has 0 saturated carbocycles. The first-order valence-corrected chi connectivity index (χ1v) is 6.94. The summed E-state index contributed by atoms with van der Waals surface area (Å²) in [7, 11) is 0. The molecule has 2 amide bonds. The van der Waals surface area contributed by atoms with Gasteiger partial charge < -0.3 is 14.8 Å². The molecular weight excluding hydrogens is 300 g/mol. The summed E-state index contributed by atoms with van der Waals surface area (Å²) in [6.45, 7) is 1.85. The van der Waals surface area contributed by atoms with E-state index in [1.807, 2.05) is 30.3 Å². The summed E-state index contributed by atoms with van der Waals surface area (Å²) in [4.78, 5) is 37.2. The Morgan fingerprint density at radius 2 is 1.74 bits per heavy atom. The van der Waals surface area contributed by atoms with Gasteiger partial charge in [0.1, 0.15) is 13.2 Å². The van der Waals surface area contributed by atoms with Gasteiger partial charge in [-0.05, 0) is 12.5 Å². The fourth-order valence-corrected chi connectivity index (χ4v) is 1.43. The molecular formula is C16H18N2O5. The predicted molar refractivity (Wildman–Crippen MR) is 83.9 cm³/mol. The normalized spacial score (nSPS) is 10.7. The number of benzene rings is 1. The van der Waals surface area contributed by atoms with Crippen LogP contribution in [0.25, 0.3) is 0 Å². The molecule has 1 rings (SSSR count). The Labute approximate surface area is 134 Å². The fraction of sp³-hybridized carbons (Fsp3) is 0.250. The third-order valence-corrected chi connectivity index (χ3v) is 2.45. The summed E-state index contributed by atoms with van der Waals surface area (Å²) in [5.41, 5.74) is 0.849. The second-order valence-corrected chi connectivity index (χ2v) is 4.21. The Morgan fingerprint density at radius 1 is 1.09 bits per heavy atom. The summed E-state index contributed by atoms with van der Waals surface area (Å²) in [6.07, 6.45) is 3.32. The Balaban J connectivity index is 2.18. The number of hydrogen-bond acceptors (Lipinski definition) is 5. The average Bonchev–Trinajstić information content (AvgIpc) is 2.56. The second-order valence-electron chi connectivity index (χ2n) is 4.21. The van der Waals surface area contributed by atoms with Crippen molar-refractivity contribution in [1.29, 1.82) is 0 Å². The van der Waals surface area contributed by atoms with Crippen molar-refractivity contribution in [2.45, 2.75) is 13.5 Å². The molecule has 122 valence electrons. The van der Waals surface area contributed by atoms with Crippen molar-refractivity contribution in [1.82, 2.24) is 5.32 Å². The molecule has 0 aliphatic rings. The maximum atomic E-state index is 11.4. The number of ether oxygens (including phenoxy) is 2. The van der Waals surface area contributed by atoms with E-state index in [0.29, 0.717) is 0 Å². The smallest absolute Gasteiger partial charge is 0.340 e. The molecule has 0 aromatic heterocycles. The summed E-state index contributed by atoms with van der Waals surface area (Å²) < 4.78 is 9.74. The standard InChI is InChI=1S/C16H18N2O5/c1-2-17-16(21)18-10-11-22-14(19)8-9-15(20)23-12-13-6-4-3-5-7-13/h2-9H,10-12H2,1H3,(H,18,21)/b9-8+,17-2?. The fourth-order valence-electron chi connectivity index (χ4n) is 1.43. The minimum atomic E-state index is -0.699. The van der Waals surface area contributed by atoms with E-state index >= 15 is 0 Å². The zero-order valence-electron chi connectivity index (χ0n) is 12.7. The van der Waals surface area contributed by atoms with Crippen LogP contribution in [-0.2, 0) is 25.7 Å². The molecule has 0 saturated heterocycles. The van der Waals surface area contributed by atoms with Gasteiger partial charge in [0.15, 0.2) is 0 Å². The van der Waals surface area contributed by atoms with Gasteiger partial charge in [-0.25, -0.2) is 19.4 Å². The van der Waals surface area contributed by atoms with Gasteiger partial charge in [-0.15, -0.1) is 0 Å². The highest BCUT2D eigenvalue weighted by molar-refractivity contribution is 5.91. The number of aliphatic imine (C=N–C) groups is 1. The number of rotatable bonds is 7. The molecule has 0 spiro atoms. The van der Waals surface area contributed by atoms with Gasteiger partial charge >= 0.3 is 18.0 Å². The average molecular weight is 318 g/mol. The molecule has 7 nitrogen and oxygen atoms in total. The van der Waals surface area contributed by atoms with Crippen LogP contribution in [0.1, 0.15) is 12.5 Å². The summed E-state index contributed by atoms with van der Waals surface area (Å²) in [6, 6.07) is 8.66. The molecule has 0 heterocycles. The molecule has 23 heavy (non-hydrogen) atoms. The first kappa shape index (κ1) is 18.1. The van der Waals surface area contributed by atoms with Gasteiger partial charge in [-0.2, -0.15) is 0 Å². The number of esters is 2. The zero-order valence-corrected chi connectivity index (χ0v) is 12.7. The van der Waals surface area contributed by atoms with Crippen LogP contribution in [0.5, 0.6) is 0 Å². The second kappa shape index (κ2) is 10.7. The third kappa shape index (κ3) is 8.82. The lowest BCUT2D eigenvalue weighted by atomic mass is 10.2. The van der Waals surface area contributed by atoms with Gasteiger partial charge in [0.05, 0.1) is 6.54 Å². The van der Waals surface area contributed by atoms with Crippen LogP contribution in [0.3, 0.4) is 0 Å². The number of carbonyl (C=O) groups excluding carboxylic acids is 3. The minimum Gasteiger partial charge on any atom is -0.461 e. The monoisotopic (exact) mass is 318 g/mol. The molecule has 0 unspecified atom stereocenters. The molecule has 0 atom stereocenters. The summed E-state index contributed by atoms with van der Waals surface area (Å²) in [5, 5.41) is 2.41. The van der Waals surface area contributed by atoms with Gasteiger partial charge in [0.25, 0.3) is 0 Å². The van der Waals surface area contributed by atoms with Crippen molar-refractivity contribution in [2.75, 3.05) is 13.2 Å². The molecule has 1 aromatic carbocycles. The van der Waals surface area contributed by atoms with E-state index < -0.39 is 18.0 Å². The number of amides is 2. The highest BCUT2D eigenvalue weighted by Crippen LogP contribution is 2.00. The molecule has 0 aliphatic carbocycles. The number of urea groups is 1. The van der Waals surface area contributed by atoms with Crippen molar-refractivity contribution in [3.8, 4) is 0 Å². The molecule has 1 N–H and O–H groups in total. The molecule has 0 aliphatic heterocycles. The highest BCUT2D eigenvalue weighted by Gasteiger charge is 2.02. The Kier molecular flexibility index (Phi) is 8.43. The van der Waals surface area contributed by atoms with Crippen LogP contribution in [0.15, 0.2) is 47.5 Å². The van der Waals surface area contributed by atoms with Crippen LogP contribution < -0.4 is 5.32 Å². The molecule has 1 aromatic rings. The molecule has 0 fully saturated rings. The summed E-state index contributed by atoms with van der Waals surface area (Å²) >= 11 is 0. The third-order valence-electron chi connectivity index (χ3n) is 2.45. The first-order valence-electron chi connectivity index (χ1n) is 6.94. The van der Waals surface area contributed by atoms with E-state index in [4.69, 9.17) is 9.47 Å². The SMILES string of the molecule is CC=NC(=O)NCCOC(=O)/C=C/C(=O)OCc1ccccc1. The van der Waals surface area contributed by atoms with Crippen molar-refractivity contribution in [2.24, 2.45) is 4.99 Å². The number of carbonyl (C=O) groups is 3. The van der Waals surface area contributed by atoms with Crippen LogP contribution in [-0.4, -0.2) is 37.3 Å². The topological polar surface area (TPSA) is 94.1 Å².